The number of nitrogens with one attached hydrogen (secondary N) is 1. The van der Waals surface area contributed by atoms with Crippen LogP contribution in [0, 0.1) is 5.41 Å². The molecule has 1 rings (SSSR count). The summed E-state index contributed by atoms with van der Waals surface area (Å²) in [5.74, 6) is -1.84. The highest BCUT2D eigenvalue weighted by Gasteiger charge is 2.22. The normalized spacial score (nSPS) is 12.2. The van der Waals surface area contributed by atoms with Gasteiger partial charge in [-0.2, -0.15) is 0 Å². The van der Waals surface area contributed by atoms with Gasteiger partial charge >= 0.3 is 5.97 Å². The predicted octanol–water partition coefficient (Wildman–Crippen LogP) is 1.88. The molecule has 6 nitrogen and oxygen atoms in total. The maximum atomic E-state index is 11.8. The fraction of sp³-hybridized carbons (Fsp3) is 0.417. The van der Waals surface area contributed by atoms with Crippen molar-refractivity contribution in [1.29, 1.82) is 0 Å². The lowest BCUT2D eigenvalue weighted by atomic mass is 10.0. The summed E-state index contributed by atoms with van der Waals surface area (Å²) >= 11 is 0. The zero-order chi connectivity index (χ0) is 14.8. The molecular weight excluding hydrogens is 270 g/mol. The molecule has 1 aromatic carbocycles. The van der Waals surface area contributed by atoms with E-state index in [1.165, 1.54) is 6.07 Å². The van der Waals surface area contributed by atoms with Gasteiger partial charge in [-0.3, -0.25) is 4.72 Å². The van der Waals surface area contributed by atoms with Crippen molar-refractivity contribution in [1.82, 2.24) is 0 Å². The first-order valence-electron chi connectivity index (χ1n) is 5.57. The highest BCUT2D eigenvalue weighted by molar-refractivity contribution is 7.92. The smallest absolute Gasteiger partial charge is 0.339 e. The minimum Gasteiger partial charge on any atom is -0.507 e. The van der Waals surface area contributed by atoms with Gasteiger partial charge < -0.3 is 10.2 Å². The Kier molecular flexibility index (Phi) is 4.09. The number of benzene rings is 1. The molecule has 0 aliphatic rings. The summed E-state index contributed by atoms with van der Waals surface area (Å²) in [4.78, 5) is 10.7. The highest BCUT2D eigenvalue weighted by Crippen LogP contribution is 2.24. The van der Waals surface area contributed by atoms with Gasteiger partial charge in [-0.05, 0) is 17.5 Å². The second kappa shape index (κ2) is 5.08. The number of phenols is 1. The van der Waals surface area contributed by atoms with Crippen LogP contribution in [-0.2, 0) is 10.0 Å². The molecule has 0 bridgehead atoms. The highest BCUT2D eigenvalue weighted by atomic mass is 32.2. The number of sulfonamides is 1. The van der Waals surface area contributed by atoms with Gasteiger partial charge in [-0.15, -0.1) is 0 Å². The molecule has 7 heteroatoms. The molecule has 0 unspecified atom stereocenters. The van der Waals surface area contributed by atoms with Crippen LogP contribution in [0.15, 0.2) is 18.2 Å². The summed E-state index contributed by atoms with van der Waals surface area (Å²) < 4.78 is 26.0. The Morgan fingerprint density at radius 2 is 1.89 bits per heavy atom. The Hall–Kier alpha value is -1.76. The lowest BCUT2D eigenvalue weighted by molar-refractivity contribution is 0.0694. The zero-order valence-corrected chi connectivity index (χ0v) is 11.8. The van der Waals surface area contributed by atoms with Crippen molar-refractivity contribution in [3.8, 4) is 5.75 Å². The topological polar surface area (TPSA) is 104 Å². The molecule has 19 heavy (non-hydrogen) atoms. The van der Waals surface area contributed by atoms with E-state index in [2.05, 4.69) is 4.72 Å². The lowest BCUT2D eigenvalue weighted by Crippen LogP contribution is -2.26. The van der Waals surface area contributed by atoms with Gasteiger partial charge in [0.2, 0.25) is 10.0 Å². The van der Waals surface area contributed by atoms with Gasteiger partial charge in [-0.25, -0.2) is 13.2 Å². The third kappa shape index (κ3) is 4.78. The molecule has 0 amide bonds. The Bertz CT molecular complexity index is 587. The van der Waals surface area contributed by atoms with Crippen LogP contribution < -0.4 is 4.72 Å². The van der Waals surface area contributed by atoms with Crippen LogP contribution in [0.3, 0.4) is 0 Å². The molecule has 0 spiro atoms. The van der Waals surface area contributed by atoms with E-state index < -0.39 is 27.2 Å². The second-order valence-corrected chi connectivity index (χ2v) is 7.18. The average Bonchev–Trinajstić information content (AvgIpc) is 2.11. The van der Waals surface area contributed by atoms with E-state index in [0.717, 1.165) is 12.1 Å². The van der Waals surface area contributed by atoms with Gasteiger partial charge in [0.15, 0.2) is 0 Å². The Morgan fingerprint density at radius 3 is 2.32 bits per heavy atom. The van der Waals surface area contributed by atoms with Crippen LogP contribution in [-0.4, -0.2) is 30.4 Å². The number of hydrogen-bond donors (Lipinski definition) is 3. The van der Waals surface area contributed by atoms with E-state index in [1.807, 2.05) is 0 Å². The molecule has 0 aliphatic carbocycles. The first-order valence-corrected chi connectivity index (χ1v) is 7.22. The molecule has 0 fully saturated rings. The summed E-state index contributed by atoms with van der Waals surface area (Å²) in [6, 6.07) is 3.51. The summed E-state index contributed by atoms with van der Waals surface area (Å²) in [5, 5.41) is 18.2. The molecule has 1 aromatic rings. The van der Waals surface area contributed by atoms with E-state index in [-0.39, 0.29) is 17.0 Å². The predicted molar refractivity (Wildman–Crippen MR) is 71.9 cm³/mol. The van der Waals surface area contributed by atoms with Crippen LogP contribution in [0.5, 0.6) is 5.75 Å². The largest absolute Gasteiger partial charge is 0.507 e. The molecular formula is C12H17NO5S. The van der Waals surface area contributed by atoms with E-state index in [4.69, 9.17) is 5.11 Å². The van der Waals surface area contributed by atoms with Crippen molar-refractivity contribution >= 4 is 21.7 Å². The van der Waals surface area contributed by atoms with Crippen LogP contribution in [0.1, 0.15) is 31.1 Å². The number of anilines is 1. The molecule has 0 atom stereocenters. The van der Waals surface area contributed by atoms with Crippen molar-refractivity contribution in [3.05, 3.63) is 23.8 Å². The van der Waals surface area contributed by atoms with Crippen LogP contribution in [0.25, 0.3) is 0 Å². The molecule has 0 saturated carbocycles. The Morgan fingerprint density at radius 1 is 1.32 bits per heavy atom. The first-order chi connectivity index (χ1) is 8.50. The Labute approximate surface area is 112 Å². The molecule has 0 heterocycles. The number of carboxylic acids is 1. The standard InChI is InChI=1S/C12H17NO5S/c1-12(2,3)7-19(17,18)13-8-4-5-9(11(15)16)10(14)6-8/h4-6,13-14H,7H2,1-3H3,(H,15,16). The average molecular weight is 287 g/mol. The van der Waals surface area contributed by atoms with Gasteiger partial charge in [0.05, 0.1) is 11.4 Å². The van der Waals surface area contributed by atoms with Crippen molar-refractivity contribution in [2.45, 2.75) is 20.8 Å². The molecule has 0 aliphatic heterocycles. The van der Waals surface area contributed by atoms with E-state index in [0.29, 0.717) is 0 Å². The SMILES string of the molecule is CC(C)(C)CS(=O)(=O)Nc1ccc(C(=O)O)c(O)c1. The number of aromatic hydroxyl groups is 1. The van der Waals surface area contributed by atoms with Gasteiger partial charge in [-0.1, -0.05) is 20.8 Å². The quantitative estimate of drug-likeness (QED) is 0.784. The summed E-state index contributed by atoms with van der Waals surface area (Å²) in [6.07, 6.45) is 0. The van der Waals surface area contributed by atoms with Crippen LogP contribution >= 0.6 is 0 Å². The fourth-order valence-corrected chi connectivity index (χ4v) is 3.26. The maximum Gasteiger partial charge on any atom is 0.339 e. The van der Waals surface area contributed by atoms with Gasteiger partial charge in [0.25, 0.3) is 0 Å². The molecule has 0 radical (unpaired) electrons. The number of rotatable bonds is 4. The monoisotopic (exact) mass is 287 g/mol. The molecule has 0 aromatic heterocycles. The van der Waals surface area contributed by atoms with Crippen molar-refractivity contribution in [2.24, 2.45) is 5.41 Å². The summed E-state index contributed by atoms with van der Waals surface area (Å²) in [5.41, 5.74) is -0.556. The summed E-state index contributed by atoms with van der Waals surface area (Å²) in [7, 11) is -3.55. The minimum atomic E-state index is -3.55. The van der Waals surface area contributed by atoms with E-state index in [9.17, 15) is 18.3 Å². The van der Waals surface area contributed by atoms with Gasteiger partial charge in [0, 0.05) is 6.07 Å². The number of hydrogen-bond acceptors (Lipinski definition) is 4. The minimum absolute atomic E-state index is 0.0819. The van der Waals surface area contributed by atoms with Crippen molar-refractivity contribution in [2.75, 3.05) is 10.5 Å². The first kappa shape index (κ1) is 15.3. The number of carbonyl (C=O) groups is 1. The second-order valence-electron chi connectivity index (χ2n) is 5.46. The van der Waals surface area contributed by atoms with Crippen LogP contribution in [0.4, 0.5) is 5.69 Å². The van der Waals surface area contributed by atoms with E-state index >= 15 is 0 Å². The number of carboxylic acid groups (broad SMARTS) is 1. The summed E-state index contributed by atoms with van der Waals surface area (Å²) in [6.45, 7) is 5.37. The van der Waals surface area contributed by atoms with Crippen molar-refractivity contribution in [3.63, 3.8) is 0 Å². The lowest BCUT2D eigenvalue weighted by Gasteiger charge is -2.18. The van der Waals surface area contributed by atoms with Gasteiger partial charge in [0.1, 0.15) is 11.3 Å². The fourth-order valence-electron chi connectivity index (χ4n) is 1.56. The molecule has 0 saturated heterocycles. The maximum absolute atomic E-state index is 11.8. The molecule has 106 valence electrons. The third-order valence-corrected chi connectivity index (χ3v) is 3.92. The van der Waals surface area contributed by atoms with Crippen LogP contribution in [0.2, 0.25) is 0 Å². The molecule has 3 N–H and O–H groups in total. The van der Waals surface area contributed by atoms with E-state index in [1.54, 1.807) is 20.8 Å². The zero-order valence-electron chi connectivity index (χ0n) is 11.0. The Balaban J connectivity index is 2.95. The third-order valence-electron chi connectivity index (χ3n) is 2.12. The number of aromatic carboxylic acids is 1. The van der Waals surface area contributed by atoms with Crippen molar-refractivity contribution < 1.29 is 23.4 Å².